The predicted molar refractivity (Wildman–Crippen MR) is 67.5 cm³/mol. The van der Waals surface area contributed by atoms with Gasteiger partial charge in [0.1, 0.15) is 0 Å². The minimum atomic E-state index is -3.12. The van der Waals surface area contributed by atoms with Crippen LogP contribution in [0, 0.1) is 0 Å². The van der Waals surface area contributed by atoms with Gasteiger partial charge in [0.25, 0.3) is 0 Å². The lowest BCUT2D eigenvalue weighted by Gasteiger charge is -2.11. The van der Waals surface area contributed by atoms with E-state index in [-0.39, 0.29) is 17.5 Å². The van der Waals surface area contributed by atoms with Crippen molar-refractivity contribution in [1.82, 2.24) is 5.32 Å². The monoisotopic (exact) mass is 261 g/mol. The first kappa shape index (κ1) is 13.5. The molecule has 0 saturated carbocycles. The number of benzene rings is 1. The molecule has 0 amide bonds. The van der Waals surface area contributed by atoms with E-state index < -0.39 is 9.84 Å². The maximum atomic E-state index is 11.8. The van der Waals surface area contributed by atoms with Crippen molar-refractivity contribution in [2.45, 2.75) is 18.7 Å². The Morgan fingerprint density at radius 3 is 2.56 bits per heavy atom. The van der Waals surface area contributed by atoms with Crippen molar-refractivity contribution in [3.63, 3.8) is 0 Å². The normalized spacial score (nSPS) is 13.7. The fourth-order valence-electron chi connectivity index (χ4n) is 1.38. The van der Waals surface area contributed by atoms with E-state index in [0.717, 1.165) is 0 Å². The van der Waals surface area contributed by atoms with E-state index in [2.05, 4.69) is 5.32 Å². The van der Waals surface area contributed by atoms with Crippen LogP contribution in [-0.2, 0) is 15.6 Å². The standard InChI is InChI=1S/C11H16ClNO2S/c1-9(13-2)7-16(14,15)8-10-5-3-4-6-11(10)12/h3-6,9,13H,7-8H2,1-2H3. The van der Waals surface area contributed by atoms with Gasteiger partial charge < -0.3 is 5.32 Å². The predicted octanol–water partition coefficient (Wildman–Crippen LogP) is 1.86. The molecule has 1 rings (SSSR count). The van der Waals surface area contributed by atoms with Gasteiger partial charge in [0.05, 0.1) is 11.5 Å². The molecule has 5 heteroatoms. The van der Waals surface area contributed by atoms with Crippen molar-refractivity contribution < 1.29 is 8.42 Å². The third kappa shape index (κ3) is 4.12. The van der Waals surface area contributed by atoms with E-state index in [9.17, 15) is 8.42 Å². The molecule has 0 fully saturated rings. The second-order valence-corrected chi connectivity index (χ2v) is 6.35. The molecule has 0 saturated heterocycles. The molecule has 1 N–H and O–H groups in total. The van der Waals surface area contributed by atoms with Crippen LogP contribution in [0.25, 0.3) is 0 Å². The average molecular weight is 262 g/mol. The summed E-state index contributed by atoms with van der Waals surface area (Å²) >= 11 is 5.92. The third-order valence-electron chi connectivity index (χ3n) is 2.33. The molecule has 0 heterocycles. The first-order valence-corrected chi connectivity index (χ1v) is 7.25. The summed E-state index contributed by atoms with van der Waals surface area (Å²) in [7, 11) is -1.37. The Morgan fingerprint density at radius 2 is 2.00 bits per heavy atom. The molecule has 0 aliphatic carbocycles. The Bertz CT molecular complexity index is 445. The number of sulfone groups is 1. The Morgan fingerprint density at radius 1 is 1.38 bits per heavy atom. The van der Waals surface area contributed by atoms with Gasteiger partial charge in [-0.2, -0.15) is 0 Å². The number of hydrogen-bond acceptors (Lipinski definition) is 3. The van der Waals surface area contributed by atoms with Gasteiger partial charge in [0.2, 0.25) is 0 Å². The summed E-state index contributed by atoms with van der Waals surface area (Å²) in [5.74, 6) is 0.118. The second kappa shape index (κ2) is 5.66. The summed E-state index contributed by atoms with van der Waals surface area (Å²) in [6.07, 6.45) is 0. The van der Waals surface area contributed by atoms with Crippen LogP contribution >= 0.6 is 11.6 Å². The molecule has 1 unspecified atom stereocenters. The van der Waals surface area contributed by atoms with Gasteiger partial charge in [-0.05, 0) is 25.6 Å². The van der Waals surface area contributed by atoms with Crippen molar-refractivity contribution in [2.75, 3.05) is 12.8 Å². The molecule has 0 bridgehead atoms. The highest BCUT2D eigenvalue weighted by Crippen LogP contribution is 2.18. The van der Waals surface area contributed by atoms with E-state index >= 15 is 0 Å². The smallest absolute Gasteiger partial charge is 0.156 e. The first-order valence-electron chi connectivity index (χ1n) is 5.05. The summed E-state index contributed by atoms with van der Waals surface area (Å²) in [6, 6.07) is 6.97. The van der Waals surface area contributed by atoms with Gasteiger partial charge in [-0.25, -0.2) is 8.42 Å². The van der Waals surface area contributed by atoms with Crippen LogP contribution in [0.2, 0.25) is 5.02 Å². The van der Waals surface area contributed by atoms with Crippen LogP contribution in [0.4, 0.5) is 0 Å². The van der Waals surface area contributed by atoms with Crippen molar-refractivity contribution in [1.29, 1.82) is 0 Å². The van der Waals surface area contributed by atoms with Crippen molar-refractivity contribution in [2.24, 2.45) is 0 Å². The molecular weight excluding hydrogens is 246 g/mol. The average Bonchev–Trinajstić information content (AvgIpc) is 2.20. The molecule has 90 valence electrons. The largest absolute Gasteiger partial charge is 0.316 e. The van der Waals surface area contributed by atoms with Crippen LogP contribution < -0.4 is 5.32 Å². The maximum Gasteiger partial charge on any atom is 0.156 e. The summed E-state index contributed by atoms with van der Waals surface area (Å²) in [6.45, 7) is 1.84. The lowest BCUT2D eigenvalue weighted by molar-refractivity contribution is 0.577. The first-order chi connectivity index (χ1) is 7.44. The number of rotatable bonds is 5. The highest BCUT2D eigenvalue weighted by Gasteiger charge is 2.16. The Kier molecular flexibility index (Phi) is 4.77. The van der Waals surface area contributed by atoms with Gasteiger partial charge in [-0.15, -0.1) is 0 Å². The highest BCUT2D eigenvalue weighted by molar-refractivity contribution is 7.90. The Hall–Kier alpha value is -0.580. The second-order valence-electron chi connectivity index (χ2n) is 3.84. The topological polar surface area (TPSA) is 46.2 Å². The molecular formula is C11H16ClNO2S. The van der Waals surface area contributed by atoms with E-state index in [1.54, 1.807) is 31.3 Å². The summed E-state index contributed by atoms with van der Waals surface area (Å²) in [5.41, 5.74) is 0.660. The van der Waals surface area contributed by atoms with Crippen LogP contribution in [-0.4, -0.2) is 27.3 Å². The molecule has 0 aliphatic heterocycles. The fourth-order valence-corrected chi connectivity index (χ4v) is 3.43. The number of halogens is 1. The number of hydrogen-bond donors (Lipinski definition) is 1. The quantitative estimate of drug-likeness (QED) is 0.880. The SMILES string of the molecule is CNC(C)CS(=O)(=O)Cc1ccccc1Cl. The lowest BCUT2D eigenvalue weighted by atomic mass is 10.2. The third-order valence-corrected chi connectivity index (χ3v) is 4.46. The molecule has 0 aliphatic rings. The molecule has 0 aromatic heterocycles. The number of nitrogens with one attached hydrogen (secondary N) is 1. The van der Waals surface area contributed by atoms with Gasteiger partial charge in [0.15, 0.2) is 9.84 Å². The highest BCUT2D eigenvalue weighted by atomic mass is 35.5. The van der Waals surface area contributed by atoms with E-state index in [0.29, 0.717) is 10.6 Å². The molecule has 1 aromatic carbocycles. The summed E-state index contributed by atoms with van der Waals surface area (Å²) in [4.78, 5) is 0. The zero-order chi connectivity index (χ0) is 12.2. The van der Waals surface area contributed by atoms with Gasteiger partial charge in [-0.3, -0.25) is 0 Å². The van der Waals surface area contributed by atoms with Crippen LogP contribution in [0.5, 0.6) is 0 Å². The van der Waals surface area contributed by atoms with Gasteiger partial charge >= 0.3 is 0 Å². The molecule has 1 atom stereocenters. The fraction of sp³-hybridized carbons (Fsp3) is 0.455. The van der Waals surface area contributed by atoms with E-state index in [4.69, 9.17) is 11.6 Å². The van der Waals surface area contributed by atoms with Crippen LogP contribution in [0.1, 0.15) is 12.5 Å². The Labute approximate surface area is 102 Å². The van der Waals surface area contributed by atoms with Gasteiger partial charge in [-0.1, -0.05) is 29.8 Å². The molecule has 3 nitrogen and oxygen atoms in total. The lowest BCUT2D eigenvalue weighted by Crippen LogP contribution is -2.30. The van der Waals surface area contributed by atoms with Gasteiger partial charge in [0, 0.05) is 11.1 Å². The molecule has 0 radical (unpaired) electrons. The van der Waals surface area contributed by atoms with Crippen LogP contribution in [0.3, 0.4) is 0 Å². The minimum Gasteiger partial charge on any atom is -0.316 e. The molecule has 1 aromatic rings. The van der Waals surface area contributed by atoms with Crippen molar-refractivity contribution >= 4 is 21.4 Å². The van der Waals surface area contributed by atoms with Crippen LogP contribution in [0.15, 0.2) is 24.3 Å². The molecule has 16 heavy (non-hydrogen) atoms. The summed E-state index contributed by atoms with van der Waals surface area (Å²) < 4.78 is 23.6. The zero-order valence-corrected chi connectivity index (χ0v) is 11.0. The van der Waals surface area contributed by atoms with E-state index in [1.165, 1.54) is 0 Å². The van der Waals surface area contributed by atoms with Crippen molar-refractivity contribution in [3.05, 3.63) is 34.9 Å². The zero-order valence-electron chi connectivity index (χ0n) is 9.40. The minimum absolute atomic E-state index is 0.00130. The van der Waals surface area contributed by atoms with E-state index in [1.807, 2.05) is 6.92 Å². The Balaban J connectivity index is 2.77. The maximum absolute atomic E-state index is 11.8. The molecule has 0 spiro atoms. The van der Waals surface area contributed by atoms with Crippen molar-refractivity contribution in [3.8, 4) is 0 Å². The summed E-state index contributed by atoms with van der Waals surface area (Å²) in [5, 5.41) is 3.41.